The molecule has 2 atom stereocenters. The molecule has 26 heavy (non-hydrogen) atoms. The summed E-state index contributed by atoms with van der Waals surface area (Å²) in [4.78, 5) is 0. The minimum absolute atomic E-state index is 0. The molecule has 0 saturated heterocycles. The first-order chi connectivity index (χ1) is 11.9. The van der Waals surface area contributed by atoms with Gasteiger partial charge in [-0.1, -0.05) is 90.9 Å². The molecule has 0 saturated carbocycles. The molecule has 1 N–H and O–H groups in total. The summed E-state index contributed by atoms with van der Waals surface area (Å²) in [6.07, 6.45) is 15.0. The van der Waals surface area contributed by atoms with Gasteiger partial charge in [-0.3, -0.25) is 0 Å². The fraction of sp³-hybridized carbons (Fsp3) is 1.00. The average Bonchev–Trinajstić information content (AvgIpc) is 2.55. The van der Waals surface area contributed by atoms with Crippen molar-refractivity contribution in [3.8, 4) is 0 Å². The predicted octanol–water partition coefficient (Wildman–Crippen LogP) is 2.55. The number of aliphatic hydroxyl groups is 1. The second-order valence-corrected chi connectivity index (χ2v) is 9.11. The van der Waals surface area contributed by atoms with Crippen molar-refractivity contribution in [2.24, 2.45) is 0 Å². The zero-order chi connectivity index (χ0) is 19.0. The Kier molecular flexibility index (Phi) is 22.6. The van der Waals surface area contributed by atoms with Gasteiger partial charge in [0.2, 0.25) is 0 Å². The van der Waals surface area contributed by atoms with E-state index in [-0.39, 0.29) is 57.5 Å². The van der Waals surface area contributed by atoms with E-state index in [1.807, 2.05) is 0 Å². The van der Waals surface area contributed by atoms with Gasteiger partial charge in [0, 0.05) is 5.25 Å². The van der Waals surface area contributed by atoms with E-state index in [1.165, 1.54) is 32.1 Å². The van der Waals surface area contributed by atoms with Gasteiger partial charge < -0.3 is 9.66 Å². The summed E-state index contributed by atoms with van der Waals surface area (Å²) in [5.41, 5.74) is 0. The van der Waals surface area contributed by atoms with Crippen LogP contribution in [0.5, 0.6) is 0 Å². The van der Waals surface area contributed by atoms with E-state index in [1.54, 1.807) is 0 Å². The Morgan fingerprint density at radius 1 is 0.692 bits per heavy atom. The summed E-state index contributed by atoms with van der Waals surface area (Å²) in [6, 6.07) is 0. The molecule has 0 aromatic carbocycles. The Balaban J connectivity index is 0. The Morgan fingerprint density at radius 3 is 1.46 bits per heavy atom. The van der Waals surface area contributed by atoms with E-state index in [4.69, 9.17) is 0 Å². The molecule has 4 nitrogen and oxygen atoms in total. The monoisotopic (exact) mass is 416 g/mol. The van der Waals surface area contributed by atoms with Gasteiger partial charge in [-0.05, 0) is 25.7 Å². The summed E-state index contributed by atoms with van der Waals surface area (Å²) in [5, 5.41) is 9.24. The van der Waals surface area contributed by atoms with Crippen LogP contribution in [0.1, 0.15) is 117 Å². The van der Waals surface area contributed by atoms with Gasteiger partial charge in [-0.2, -0.15) is 0 Å². The van der Waals surface area contributed by atoms with Crippen molar-refractivity contribution >= 4 is 10.1 Å². The molecule has 152 valence electrons. The second kappa shape index (κ2) is 19.8. The fourth-order valence-corrected chi connectivity index (χ4v) is 4.20. The Bertz CT molecular complexity index is 387. The summed E-state index contributed by atoms with van der Waals surface area (Å²) >= 11 is 0. The van der Waals surface area contributed by atoms with Gasteiger partial charge in [0.25, 0.3) is 0 Å². The molecule has 2 unspecified atom stereocenters. The van der Waals surface area contributed by atoms with Crippen LogP contribution >= 0.6 is 0 Å². The molecule has 0 spiro atoms. The van der Waals surface area contributed by atoms with Gasteiger partial charge in [-0.25, -0.2) is 8.42 Å². The van der Waals surface area contributed by atoms with Crippen molar-refractivity contribution in [1.29, 1.82) is 0 Å². The van der Waals surface area contributed by atoms with E-state index >= 15 is 0 Å². The molecule has 6 heteroatoms. The SMILES string of the molecule is CCCCCCCC(O)CCCCC(CCCCCCC)S(=O)(=O)[O-].[K+]. The van der Waals surface area contributed by atoms with Crippen molar-refractivity contribution in [2.75, 3.05) is 0 Å². The minimum Gasteiger partial charge on any atom is -0.748 e. The summed E-state index contributed by atoms with van der Waals surface area (Å²) < 4.78 is 34.2. The first-order valence-corrected chi connectivity index (χ1v) is 12.0. The van der Waals surface area contributed by atoms with E-state index < -0.39 is 15.4 Å². The zero-order valence-corrected chi connectivity index (χ0v) is 21.5. The standard InChI is InChI=1S/C20H42O4S.K/c1-3-5-7-9-11-15-19(21)16-13-14-18-20(25(22,23)24)17-12-10-8-6-4-2;/h19-21H,3-18H2,1-2H3,(H,22,23,24);/q;+1/p-1. The molecule has 0 aliphatic rings. The number of hydrogen-bond donors (Lipinski definition) is 1. The molecule has 0 aromatic heterocycles. The van der Waals surface area contributed by atoms with Crippen molar-refractivity contribution in [1.82, 2.24) is 0 Å². The van der Waals surface area contributed by atoms with Crippen LogP contribution in [0, 0.1) is 0 Å². The maximum absolute atomic E-state index is 11.4. The Labute approximate surface area is 205 Å². The molecule has 0 bridgehead atoms. The summed E-state index contributed by atoms with van der Waals surface area (Å²) in [6.45, 7) is 4.33. The summed E-state index contributed by atoms with van der Waals surface area (Å²) in [7, 11) is -4.19. The van der Waals surface area contributed by atoms with Crippen LogP contribution in [0.4, 0.5) is 0 Å². The third kappa shape index (κ3) is 18.9. The quantitative estimate of drug-likeness (QED) is 0.212. The normalized spacial score (nSPS) is 14.0. The third-order valence-corrected chi connectivity index (χ3v) is 6.28. The molecule has 0 heterocycles. The molecular formula is C20H41KO4S. The number of aliphatic hydroxyl groups excluding tert-OH is 1. The van der Waals surface area contributed by atoms with Crippen molar-refractivity contribution in [3.05, 3.63) is 0 Å². The third-order valence-electron chi connectivity index (χ3n) is 4.99. The fourth-order valence-electron chi connectivity index (χ4n) is 3.29. The van der Waals surface area contributed by atoms with Gasteiger partial charge >= 0.3 is 51.4 Å². The molecule has 0 aromatic rings. The van der Waals surface area contributed by atoms with E-state index in [0.29, 0.717) is 19.3 Å². The number of unbranched alkanes of at least 4 members (excludes halogenated alkanes) is 9. The molecule has 0 fully saturated rings. The van der Waals surface area contributed by atoms with Gasteiger partial charge in [0.15, 0.2) is 0 Å². The molecule has 0 radical (unpaired) electrons. The zero-order valence-electron chi connectivity index (χ0n) is 17.5. The Morgan fingerprint density at radius 2 is 1.04 bits per heavy atom. The van der Waals surface area contributed by atoms with E-state index in [2.05, 4.69) is 13.8 Å². The molecule has 0 amide bonds. The topological polar surface area (TPSA) is 77.4 Å². The van der Waals surface area contributed by atoms with Crippen LogP contribution in [0.3, 0.4) is 0 Å². The first kappa shape index (κ1) is 29.7. The van der Waals surface area contributed by atoms with Gasteiger partial charge in [0.05, 0.1) is 16.2 Å². The molecule has 0 aliphatic carbocycles. The maximum Gasteiger partial charge on any atom is 1.00 e. The van der Waals surface area contributed by atoms with Crippen LogP contribution in [0.15, 0.2) is 0 Å². The second-order valence-electron chi connectivity index (χ2n) is 7.46. The number of rotatable bonds is 18. The predicted molar refractivity (Wildman–Crippen MR) is 105 cm³/mol. The molecule has 0 rings (SSSR count). The van der Waals surface area contributed by atoms with Crippen LogP contribution in [0.2, 0.25) is 0 Å². The van der Waals surface area contributed by atoms with Crippen LogP contribution < -0.4 is 51.4 Å². The van der Waals surface area contributed by atoms with Gasteiger partial charge in [0.1, 0.15) is 0 Å². The van der Waals surface area contributed by atoms with Crippen molar-refractivity contribution in [3.63, 3.8) is 0 Å². The largest absolute Gasteiger partial charge is 1.00 e. The van der Waals surface area contributed by atoms with Crippen molar-refractivity contribution in [2.45, 2.75) is 128 Å². The maximum atomic E-state index is 11.4. The average molecular weight is 417 g/mol. The van der Waals surface area contributed by atoms with Crippen molar-refractivity contribution < 1.29 is 69.5 Å². The number of hydrogen-bond acceptors (Lipinski definition) is 4. The smallest absolute Gasteiger partial charge is 0.748 e. The first-order valence-electron chi connectivity index (χ1n) is 10.5. The van der Waals surface area contributed by atoms with E-state index in [0.717, 1.165) is 51.4 Å². The van der Waals surface area contributed by atoms with Crippen LogP contribution in [-0.2, 0) is 10.1 Å². The molecular weight excluding hydrogens is 375 g/mol. The van der Waals surface area contributed by atoms with E-state index in [9.17, 15) is 18.1 Å². The Hall–Kier alpha value is 1.51. The van der Waals surface area contributed by atoms with Gasteiger partial charge in [-0.15, -0.1) is 0 Å². The van der Waals surface area contributed by atoms with Crippen LogP contribution in [-0.4, -0.2) is 29.4 Å². The van der Waals surface area contributed by atoms with Crippen LogP contribution in [0.25, 0.3) is 0 Å². The molecule has 0 aliphatic heterocycles. The minimum atomic E-state index is -4.19. The summed E-state index contributed by atoms with van der Waals surface area (Å²) in [5.74, 6) is 0.